The van der Waals surface area contributed by atoms with E-state index in [0.29, 0.717) is 0 Å². The van der Waals surface area contributed by atoms with Crippen LogP contribution in [0.2, 0.25) is 0 Å². The van der Waals surface area contributed by atoms with Crippen molar-refractivity contribution < 1.29 is 28.7 Å². The van der Waals surface area contributed by atoms with Crippen LogP contribution in [0.25, 0.3) is 0 Å². The molecule has 0 radical (unpaired) electrons. The summed E-state index contributed by atoms with van der Waals surface area (Å²) in [6.07, 6.45) is -1.45. The van der Waals surface area contributed by atoms with Crippen molar-refractivity contribution in [2.75, 3.05) is 13.3 Å². The number of nitrogens with two attached hydrogens (primary N) is 2. The summed E-state index contributed by atoms with van der Waals surface area (Å²) >= 11 is 0. The van der Waals surface area contributed by atoms with Crippen LogP contribution in [0, 0.1) is 0 Å². The van der Waals surface area contributed by atoms with Gasteiger partial charge < -0.3 is 20.9 Å². The van der Waals surface area contributed by atoms with E-state index in [9.17, 15) is 13.6 Å². The van der Waals surface area contributed by atoms with Crippen LogP contribution in [0.15, 0.2) is 12.3 Å². The molecule has 5 nitrogen and oxygen atoms in total. The van der Waals surface area contributed by atoms with E-state index in [2.05, 4.69) is 11.3 Å². The highest BCUT2D eigenvalue weighted by atomic mass is 19.3. The Morgan fingerprint density at radius 1 is 1.69 bits per heavy atom. The summed E-state index contributed by atoms with van der Waals surface area (Å²) in [5, 5.41) is 9.43. The molecule has 0 heterocycles. The lowest BCUT2D eigenvalue weighted by Crippen LogP contribution is -2.87. The number of halogens is 2. The van der Waals surface area contributed by atoms with Gasteiger partial charge in [0.15, 0.2) is 12.2 Å². The lowest BCUT2D eigenvalue weighted by Gasteiger charge is -2.24. The Labute approximate surface area is 92.3 Å². The summed E-state index contributed by atoms with van der Waals surface area (Å²) in [7, 11) is 0. The number of aliphatic hydroxyl groups is 1. The first-order valence-corrected chi connectivity index (χ1v) is 4.77. The third-order valence-corrected chi connectivity index (χ3v) is 2.03. The van der Waals surface area contributed by atoms with Crippen LogP contribution < -0.4 is 11.1 Å². The van der Waals surface area contributed by atoms with Gasteiger partial charge in [0.1, 0.15) is 12.9 Å². The summed E-state index contributed by atoms with van der Waals surface area (Å²) in [4.78, 5) is 10.4. The number of rotatable bonds is 8. The molecule has 5 N–H and O–H groups in total. The Bertz CT molecular complexity index is 259. The zero-order valence-corrected chi connectivity index (χ0v) is 9.08. The number of hydrogen-bond acceptors (Lipinski definition) is 3. The van der Waals surface area contributed by atoms with Crippen LogP contribution in [-0.4, -0.2) is 36.4 Å². The number of ether oxygens (including phenoxy) is 1. The smallest absolute Gasteiger partial charge is 0.344 e. The minimum absolute atomic E-state index is 0.0109. The van der Waals surface area contributed by atoms with E-state index >= 15 is 0 Å². The van der Waals surface area contributed by atoms with Crippen LogP contribution in [0.1, 0.15) is 13.3 Å². The molecule has 16 heavy (non-hydrogen) atoms. The summed E-state index contributed by atoms with van der Waals surface area (Å²) < 4.78 is 31.7. The molecule has 7 heteroatoms. The lowest BCUT2D eigenvalue weighted by atomic mass is 10.1. The molecule has 0 bridgehead atoms. The molecule has 0 rings (SSSR count). The quantitative estimate of drug-likeness (QED) is 0.471. The topological polar surface area (TPSA) is 89.2 Å². The fourth-order valence-corrected chi connectivity index (χ4v) is 1.14. The monoisotopic (exact) mass is 239 g/mol. The Balaban J connectivity index is 4.48. The first kappa shape index (κ1) is 14.9. The van der Waals surface area contributed by atoms with E-state index < -0.39 is 30.4 Å². The number of aliphatic hydroxyl groups excluding tert-OH is 1. The minimum atomic E-state index is -3.33. The molecule has 0 saturated carbocycles. The largest absolute Gasteiger partial charge is 0.371 e. The summed E-state index contributed by atoms with van der Waals surface area (Å²) in [5.41, 5.74) is 4.29. The van der Waals surface area contributed by atoms with Crippen molar-refractivity contribution in [1.82, 2.24) is 0 Å². The van der Waals surface area contributed by atoms with Crippen molar-refractivity contribution in [2.45, 2.75) is 25.4 Å². The maximum Gasteiger partial charge on any atom is 0.344 e. The van der Waals surface area contributed by atoms with Crippen molar-refractivity contribution in [3.63, 3.8) is 0 Å². The standard InChI is InChI=1S/C9H16F2N2O3/c1-3-7(16-5-14)9(10,11)6(2)13-4-8(12)15/h7,13-14H,2-5H2,1H3,(H2,12,15)/p+1. The number of quaternary nitrogens is 1. The van der Waals surface area contributed by atoms with E-state index in [-0.39, 0.29) is 13.0 Å². The number of carbonyl (C=O) groups is 1. The van der Waals surface area contributed by atoms with Gasteiger partial charge in [-0.2, -0.15) is 8.78 Å². The maximum absolute atomic E-state index is 13.6. The second-order valence-electron chi connectivity index (χ2n) is 3.22. The molecule has 0 aliphatic heterocycles. The normalized spacial score (nSPS) is 13.5. The molecule has 0 aromatic rings. The molecule has 0 spiro atoms. The van der Waals surface area contributed by atoms with Gasteiger partial charge in [-0.15, -0.1) is 0 Å². The molecular formula is C9H17F2N2O3+. The van der Waals surface area contributed by atoms with E-state index in [1.807, 2.05) is 0 Å². The summed E-state index contributed by atoms with van der Waals surface area (Å²) in [6, 6.07) is 0. The minimum Gasteiger partial charge on any atom is -0.371 e. The molecule has 0 aliphatic rings. The van der Waals surface area contributed by atoms with Gasteiger partial charge in [0, 0.05) is 0 Å². The highest BCUT2D eigenvalue weighted by Gasteiger charge is 2.45. The van der Waals surface area contributed by atoms with Gasteiger partial charge in [-0.25, -0.2) is 0 Å². The van der Waals surface area contributed by atoms with Gasteiger partial charge in [0.25, 0.3) is 5.91 Å². The zero-order valence-electron chi connectivity index (χ0n) is 9.08. The van der Waals surface area contributed by atoms with E-state index in [1.54, 1.807) is 0 Å². The molecule has 0 aliphatic carbocycles. The summed E-state index contributed by atoms with van der Waals surface area (Å²) in [5.74, 6) is -4.04. The molecule has 94 valence electrons. The Morgan fingerprint density at radius 3 is 2.62 bits per heavy atom. The fraction of sp³-hybridized carbons (Fsp3) is 0.667. The van der Waals surface area contributed by atoms with Gasteiger partial charge in [0.2, 0.25) is 0 Å². The lowest BCUT2D eigenvalue weighted by molar-refractivity contribution is -0.610. The van der Waals surface area contributed by atoms with E-state index in [1.165, 1.54) is 6.92 Å². The Morgan fingerprint density at radius 2 is 2.25 bits per heavy atom. The van der Waals surface area contributed by atoms with Crippen LogP contribution in [0.4, 0.5) is 8.78 Å². The second kappa shape index (κ2) is 6.51. The predicted octanol–water partition coefficient (Wildman–Crippen LogP) is -1.07. The van der Waals surface area contributed by atoms with Gasteiger partial charge in [0.05, 0.1) is 0 Å². The number of alkyl halides is 2. The zero-order chi connectivity index (χ0) is 12.8. The molecule has 1 atom stereocenters. The average Bonchev–Trinajstić information content (AvgIpc) is 2.21. The number of hydrogen-bond donors (Lipinski definition) is 3. The average molecular weight is 239 g/mol. The summed E-state index contributed by atoms with van der Waals surface area (Å²) in [6.45, 7) is 3.57. The molecule has 1 unspecified atom stereocenters. The molecule has 0 fully saturated rings. The first-order chi connectivity index (χ1) is 7.36. The van der Waals surface area contributed by atoms with Gasteiger partial charge in [-0.3, -0.25) is 4.79 Å². The first-order valence-electron chi connectivity index (χ1n) is 4.77. The van der Waals surface area contributed by atoms with E-state index in [0.717, 1.165) is 5.32 Å². The molecule has 0 saturated heterocycles. The third kappa shape index (κ3) is 4.21. The van der Waals surface area contributed by atoms with Crippen molar-refractivity contribution >= 4 is 5.91 Å². The molecular weight excluding hydrogens is 222 g/mol. The van der Waals surface area contributed by atoms with E-state index in [4.69, 9.17) is 10.8 Å². The molecule has 0 aromatic carbocycles. The Hall–Kier alpha value is -1.05. The van der Waals surface area contributed by atoms with Crippen molar-refractivity contribution in [3.8, 4) is 0 Å². The van der Waals surface area contributed by atoms with Crippen LogP contribution in [0.3, 0.4) is 0 Å². The van der Waals surface area contributed by atoms with Crippen LogP contribution >= 0.6 is 0 Å². The Kier molecular flexibility index (Phi) is 6.09. The van der Waals surface area contributed by atoms with Crippen molar-refractivity contribution in [3.05, 3.63) is 12.3 Å². The van der Waals surface area contributed by atoms with Gasteiger partial charge in [-0.05, 0) is 13.0 Å². The highest BCUT2D eigenvalue weighted by Crippen LogP contribution is 2.27. The number of carbonyl (C=O) groups excluding carboxylic acids is 1. The van der Waals surface area contributed by atoms with Crippen molar-refractivity contribution in [1.29, 1.82) is 0 Å². The molecule has 1 amide bonds. The van der Waals surface area contributed by atoms with Crippen molar-refractivity contribution in [2.24, 2.45) is 5.73 Å². The molecule has 0 aromatic heterocycles. The predicted molar refractivity (Wildman–Crippen MR) is 52.3 cm³/mol. The SMILES string of the molecule is C=C([NH2+]CC(N)=O)C(F)(F)C(CC)OCO. The van der Waals surface area contributed by atoms with Gasteiger partial charge >= 0.3 is 5.92 Å². The highest BCUT2D eigenvalue weighted by molar-refractivity contribution is 5.74. The number of primary amides is 1. The fourth-order valence-electron chi connectivity index (χ4n) is 1.14. The second-order valence-corrected chi connectivity index (χ2v) is 3.22. The van der Waals surface area contributed by atoms with Crippen LogP contribution in [0.5, 0.6) is 0 Å². The number of amides is 1. The third-order valence-electron chi connectivity index (χ3n) is 2.03. The maximum atomic E-state index is 13.6. The van der Waals surface area contributed by atoms with Crippen LogP contribution in [-0.2, 0) is 9.53 Å². The van der Waals surface area contributed by atoms with Gasteiger partial charge in [-0.1, -0.05) is 6.92 Å².